The van der Waals surface area contributed by atoms with E-state index in [0.29, 0.717) is 11.2 Å². The normalized spacial score (nSPS) is 10.6. The molecule has 0 radical (unpaired) electrons. The Morgan fingerprint density at radius 2 is 2.12 bits per heavy atom. The monoisotopic (exact) mass is 229 g/mol. The number of amides is 1. The number of rotatable bonds is 2. The van der Waals surface area contributed by atoms with Crippen LogP contribution in [0.3, 0.4) is 0 Å². The predicted octanol–water partition coefficient (Wildman–Crippen LogP) is 1.20. The summed E-state index contributed by atoms with van der Waals surface area (Å²) in [5.41, 5.74) is 2.28. The van der Waals surface area contributed by atoms with E-state index in [4.69, 9.17) is 0 Å². The summed E-state index contributed by atoms with van der Waals surface area (Å²) >= 11 is 0. The van der Waals surface area contributed by atoms with E-state index in [1.807, 2.05) is 0 Å². The average molecular weight is 229 g/mol. The van der Waals surface area contributed by atoms with Gasteiger partial charge in [0.15, 0.2) is 5.69 Å². The fourth-order valence-electron chi connectivity index (χ4n) is 1.44. The van der Waals surface area contributed by atoms with Crippen LogP contribution in [0.2, 0.25) is 0 Å². The van der Waals surface area contributed by atoms with Crippen molar-refractivity contribution in [3.05, 3.63) is 36.2 Å². The quantitative estimate of drug-likeness (QED) is 0.688. The molecule has 0 aliphatic carbocycles. The van der Waals surface area contributed by atoms with Crippen molar-refractivity contribution < 1.29 is 9.32 Å². The van der Waals surface area contributed by atoms with E-state index in [1.165, 1.54) is 12.3 Å². The zero-order valence-electron chi connectivity index (χ0n) is 8.54. The second kappa shape index (κ2) is 3.71. The molecular weight excluding hydrogens is 222 g/mol. The molecule has 7 heteroatoms. The van der Waals surface area contributed by atoms with Gasteiger partial charge in [0, 0.05) is 11.8 Å². The zero-order chi connectivity index (χ0) is 11.7. The molecule has 3 rings (SSSR count). The third-order valence-corrected chi connectivity index (χ3v) is 2.24. The van der Waals surface area contributed by atoms with Crippen LogP contribution in [-0.2, 0) is 0 Å². The summed E-state index contributed by atoms with van der Waals surface area (Å²) < 4.78 is 4.59. The van der Waals surface area contributed by atoms with Crippen LogP contribution in [0.25, 0.3) is 11.0 Å². The number of nitrogens with one attached hydrogen (secondary N) is 2. The SMILES string of the molecule is O=C(Nc1ccc2n[nH]nc2c1)c1ccon1. The highest BCUT2D eigenvalue weighted by Gasteiger charge is 2.09. The first-order chi connectivity index (χ1) is 8.33. The number of fused-ring (bicyclic) bond motifs is 1. The standard InChI is InChI=1S/C10H7N5O2/c16-10(8-3-4-17-14-8)11-6-1-2-7-9(5-6)13-15-12-7/h1-5H,(H,11,16)(H,12,13,15). The molecule has 2 heterocycles. The molecular formula is C10H7N5O2. The van der Waals surface area contributed by atoms with E-state index < -0.39 is 0 Å². The fraction of sp³-hybridized carbons (Fsp3) is 0. The van der Waals surface area contributed by atoms with E-state index in [0.717, 1.165) is 5.52 Å². The van der Waals surface area contributed by atoms with Crippen LogP contribution in [-0.4, -0.2) is 26.5 Å². The molecule has 0 aliphatic rings. The number of H-pyrrole nitrogens is 1. The van der Waals surface area contributed by atoms with Crippen molar-refractivity contribution >= 4 is 22.6 Å². The Hall–Kier alpha value is -2.70. The fourth-order valence-corrected chi connectivity index (χ4v) is 1.44. The highest BCUT2D eigenvalue weighted by atomic mass is 16.5. The Balaban J connectivity index is 1.87. The molecule has 2 N–H and O–H groups in total. The zero-order valence-corrected chi connectivity index (χ0v) is 8.54. The van der Waals surface area contributed by atoms with Crippen LogP contribution in [0.5, 0.6) is 0 Å². The van der Waals surface area contributed by atoms with Gasteiger partial charge in [-0.05, 0) is 18.2 Å². The molecule has 0 aliphatic heterocycles. The number of nitrogens with zero attached hydrogens (tertiary/aromatic N) is 3. The Morgan fingerprint density at radius 3 is 2.94 bits per heavy atom. The summed E-state index contributed by atoms with van der Waals surface area (Å²) in [7, 11) is 0. The van der Waals surface area contributed by atoms with E-state index in [-0.39, 0.29) is 11.6 Å². The highest BCUT2D eigenvalue weighted by molar-refractivity contribution is 6.03. The van der Waals surface area contributed by atoms with Gasteiger partial charge in [-0.1, -0.05) is 5.16 Å². The Bertz CT molecular complexity index is 658. The largest absolute Gasteiger partial charge is 0.364 e. The van der Waals surface area contributed by atoms with Crippen molar-refractivity contribution in [2.75, 3.05) is 5.32 Å². The predicted molar refractivity (Wildman–Crippen MR) is 58.3 cm³/mol. The first-order valence-corrected chi connectivity index (χ1v) is 4.85. The molecule has 0 bridgehead atoms. The number of hydrogen-bond acceptors (Lipinski definition) is 5. The minimum Gasteiger partial charge on any atom is -0.364 e. The molecule has 1 amide bonds. The maximum absolute atomic E-state index is 11.7. The van der Waals surface area contributed by atoms with E-state index in [2.05, 4.69) is 30.4 Å². The van der Waals surface area contributed by atoms with Crippen molar-refractivity contribution in [3.63, 3.8) is 0 Å². The molecule has 0 unspecified atom stereocenters. The number of aromatic amines is 1. The van der Waals surface area contributed by atoms with Crippen LogP contribution in [0.1, 0.15) is 10.5 Å². The van der Waals surface area contributed by atoms with Crippen molar-refractivity contribution in [2.24, 2.45) is 0 Å². The minimum absolute atomic E-state index is 0.227. The average Bonchev–Trinajstić information content (AvgIpc) is 2.99. The van der Waals surface area contributed by atoms with Crippen LogP contribution in [0.15, 0.2) is 35.1 Å². The molecule has 2 aromatic heterocycles. The molecule has 7 nitrogen and oxygen atoms in total. The van der Waals surface area contributed by atoms with Gasteiger partial charge in [-0.3, -0.25) is 4.79 Å². The second-order valence-electron chi connectivity index (χ2n) is 3.37. The maximum atomic E-state index is 11.7. The van der Waals surface area contributed by atoms with Gasteiger partial charge in [0.2, 0.25) is 0 Å². The van der Waals surface area contributed by atoms with Crippen molar-refractivity contribution in [1.82, 2.24) is 20.6 Å². The molecule has 1 aromatic carbocycles. The molecule has 0 saturated heterocycles. The molecule has 84 valence electrons. The van der Waals surface area contributed by atoms with Crippen molar-refractivity contribution in [2.45, 2.75) is 0 Å². The van der Waals surface area contributed by atoms with Crippen LogP contribution in [0.4, 0.5) is 5.69 Å². The Labute approximate surface area is 94.8 Å². The topological polar surface area (TPSA) is 96.7 Å². The first-order valence-electron chi connectivity index (χ1n) is 4.85. The van der Waals surface area contributed by atoms with Gasteiger partial charge >= 0.3 is 0 Å². The van der Waals surface area contributed by atoms with Crippen molar-refractivity contribution in [1.29, 1.82) is 0 Å². The summed E-state index contributed by atoms with van der Waals surface area (Å²) in [4.78, 5) is 11.7. The van der Waals surface area contributed by atoms with Crippen LogP contribution in [0, 0.1) is 0 Å². The highest BCUT2D eigenvalue weighted by Crippen LogP contribution is 2.15. The lowest BCUT2D eigenvalue weighted by Gasteiger charge is -2.01. The summed E-state index contributed by atoms with van der Waals surface area (Å²) in [6, 6.07) is 6.71. The number of benzene rings is 1. The lowest BCUT2D eigenvalue weighted by atomic mass is 10.2. The summed E-state index contributed by atoms with van der Waals surface area (Å²) in [6.07, 6.45) is 1.34. The molecule has 0 fully saturated rings. The van der Waals surface area contributed by atoms with Gasteiger partial charge < -0.3 is 9.84 Å². The van der Waals surface area contributed by atoms with Crippen LogP contribution < -0.4 is 5.32 Å². The van der Waals surface area contributed by atoms with Gasteiger partial charge in [0.25, 0.3) is 5.91 Å². The van der Waals surface area contributed by atoms with Gasteiger partial charge in [0.1, 0.15) is 17.3 Å². The van der Waals surface area contributed by atoms with Gasteiger partial charge in [-0.2, -0.15) is 15.4 Å². The molecule has 0 saturated carbocycles. The Morgan fingerprint density at radius 1 is 1.24 bits per heavy atom. The van der Waals surface area contributed by atoms with Gasteiger partial charge in [-0.25, -0.2) is 0 Å². The minimum atomic E-state index is -0.332. The van der Waals surface area contributed by atoms with E-state index >= 15 is 0 Å². The summed E-state index contributed by atoms with van der Waals surface area (Å²) in [5, 5.41) is 16.6. The lowest BCUT2D eigenvalue weighted by Crippen LogP contribution is -2.11. The molecule has 0 atom stereocenters. The number of anilines is 1. The number of hydrogen-bond donors (Lipinski definition) is 2. The van der Waals surface area contributed by atoms with Gasteiger partial charge in [0.05, 0.1) is 0 Å². The molecule has 0 spiro atoms. The van der Waals surface area contributed by atoms with E-state index in [1.54, 1.807) is 18.2 Å². The van der Waals surface area contributed by atoms with Gasteiger partial charge in [-0.15, -0.1) is 0 Å². The summed E-state index contributed by atoms with van der Waals surface area (Å²) in [6.45, 7) is 0. The third kappa shape index (κ3) is 1.73. The third-order valence-electron chi connectivity index (χ3n) is 2.24. The first kappa shape index (κ1) is 9.52. The summed E-state index contributed by atoms with van der Waals surface area (Å²) in [5.74, 6) is -0.332. The van der Waals surface area contributed by atoms with Crippen molar-refractivity contribution in [3.8, 4) is 0 Å². The number of carbonyl (C=O) groups is 1. The Kier molecular flexibility index (Phi) is 2.08. The number of aromatic nitrogens is 4. The van der Waals surface area contributed by atoms with E-state index in [9.17, 15) is 4.79 Å². The maximum Gasteiger partial charge on any atom is 0.277 e. The smallest absolute Gasteiger partial charge is 0.277 e. The number of carbonyl (C=O) groups excluding carboxylic acids is 1. The molecule has 17 heavy (non-hydrogen) atoms. The van der Waals surface area contributed by atoms with Crippen LogP contribution >= 0.6 is 0 Å². The second-order valence-corrected chi connectivity index (χ2v) is 3.37. The molecule has 3 aromatic rings. The lowest BCUT2D eigenvalue weighted by molar-refractivity contribution is 0.101.